The third kappa shape index (κ3) is 3.83. The number of carbonyl (C=O) groups excluding carboxylic acids is 2. The number of hydrogen-bond donors (Lipinski definition) is 1. The maximum atomic E-state index is 13.0. The Balaban J connectivity index is 1.69. The summed E-state index contributed by atoms with van der Waals surface area (Å²) < 4.78 is 11.5. The van der Waals surface area contributed by atoms with E-state index in [0.29, 0.717) is 33.5 Å². The van der Waals surface area contributed by atoms with Gasteiger partial charge >= 0.3 is 5.97 Å². The Kier molecular flexibility index (Phi) is 5.36. The largest absolute Gasteiger partial charge is 0.465 e. The van der Waals surface area contributed by atoms with Gasteiger partial charge in [0, 0.05) is 5.39 Å². The van der Waals surface area contributed by atoms with Gasteiger partial charge in [-0.15, -0.1) is 0 Å². The van der Waals surface area contributed by atoms with E-state index in [1.54, 1.807) is 55.5 Å². The lowest BCUT2D eigenvalue weighted by Gasteiger charge is -2.11. The topological polar surface area (TPSA) is 103 Å². The minimum absolute atomic E-state index is 0.0388. The summed E-state index contributed by atoms with van der Waals surface area (Å²) in [5.41, 5.74) is 0.642. The average Bonchev–Trinajstić information content (AvgIpc) is 3.18. The second kappa shape index (κ2) is 8.27. The predicted octanol–water partition coefficient (Wildman–Crippen LogP) is 3.00. The van der Waals surface area contributed by atoms with Gasteiger partial charge in [-0.05, 0) is 31.2 Å². The van der Waals surface area contributed by atoms with E-state index >= 15 is 0 Å². The highest BCUT2D eigenvalue weighted by molar-refractivity contribution is 6.04. The molecule has 1 amide bonds. The van der Waals surface area contributed by atoms with Crippen molar-refractivity contribution in [3.05, 3.63) is 93.8 Å². The third-order valence-corrected chi connectivity index (χ3v) is 4.82. The number of hydrogen-bond acceptors (Lipinski definition) is 6. The standard InChI is InChI=1S/C23H19N3O5/c1-14-19(23(29)30-2)12-16(31-14)13-24-21(27)20-17-10-6-7-11-18(17)22(28)26(25-20)15-8-4-3-5-9-15/h3-12H,13H2,1-2H3,(H,24,27). The van der Waals surface area contributed by atoms with Crippen molar-refractivity contribution in [2.24, 2.45) is 0 Å². The molecule has 0 aliphatic rings. The number of amides is 1. The Morgan fingerprint density at radius 1 is 1.06 bits per heavy atom. The molecule has 0 saturated carbocycles. The fourth-order valence-corrected chi connectivity index (χ4v) is 3.30. The van der Waals surface area contributed by atoms with E-state index in [0.717, 1.165) is 0 Å². The van der Waals surface area contributed by atoms with Crippen molar-refractivity contribution < 1.29 is 18.7 Å². The molecule has 0 unspecified atom stereocenters. The van der Waals surface area contributed by atoms with Crippen molar-refractivity contribution in [2.45, 2.75) is 13.5 Å². The molecule has 0 radical (unpaired) electrons. The van der Waals surface area contributed by atoms with Crippen molar-refractivity contribution in [3.63, 3.8) is 0 Å². The molecule has 8 heteroatoms. The molecule has 0 aliphatic heterocycles. The summed E-state index contributed by atoms with van der Waals surface area (Å²) in [5.74, 6) is -0.194. The van der Waals surface area contributed by atoms with E-state index in [2.05, 4.69) is 10.4 Å². The number of aromatic nitrogens is 2. The molecule has 4 aromatic rings. The lowest BCUT2D eigenvalue weighted by Crippen LogP contribution is -2.29. The van der Waals surface area contributed by atoms with E-state index in [1.807, 2.05) is 6.07 Å². The highest BCUT2D eigenvalue weighted by atomic mass is 16.5. The number of methoxy groups -OCH3 is 1. The SMILES string of the molecule is COC(=O)c1cc(CNC(=O)c2nn(-c3ccccc3)c(=O)c3ccccc23)oc1C. The monoisotopic (exact) mass is 417 g/mol. The number of nitrogens with one attached hydrogen (secondary N) is 1. The molecule has 2 heterocycles. The maximum absolute atomic E-state index is 13.0. The Hall–Kier alpha value is -4.20. The molecule has 31 heavy (non-hydrogen) atoms. The molecule has 0 fully saturated rings. The molecule has 4 rings (SSSR count). The molecule has 0 bridgehead atoms. The van der Waals surface area contributed by atoms with E-state index in [1.165, 1.54) is 17.9 Å². The number of ether oxygens (including phenoxy) is 1. The van der Waals surface area contributed by atoms with E-state index in [9.17, 15) is 14.4 Å². The third-order valence-electron chi connectivity index (χ3n) is 4.82. The van der Waals surface area contributed by atoms with Gasteiger partial charge in [-0.1, -0.05) is 36.4 Å². The van der Waals surface area contributed by atoms with Crippen molar-refractivity contribution in [1.82, 2.24) is 15.1 Å². The van der Waals surface area contributed by atoms with Gasteiger partial charge in [0.15, 0.2) is 5.69 Å². The van der Waals surface area contributed by atoms with Gasteiger partial charge < -0.3 is 14.5 Å². The van der Waals surface area contributed by atoms with Crippen molar-refractivity contribution in [2.75, 3.05) is 7.11 Å². The van der Waals surface area contributed by atoms with Crippen LogP contribution in [0.1, 0.15) is 32.4 Å². The van der Waals surface area contributed by atoms with Crippen molar-refractivity contribution in [1.29, 1.82) is 0 Å². The number of nitrogens with zero attached hydrogens (tertiary/aromatic N) is 2. The van der Waals surface area contributed by atoms with Crippen LogP contribution in [-0.2, 0) is 11.3 Å². The number of furan rings is 1. The molecule has 0 spiro atoms. The summed E-state index contributed by atoms with van der Waals surface area (Å²) in [7, 11) is 1.29. The number of rotatable bonds is 5. The van der Waals surface area contributed by atoms with E-state index in [-0.39, 0.29) is 17.8 Å². The molecule has 2 aromatic carbocycles. The lowest BCUT2D eigenvalue weighted by molar-refractivity contribution is 0.0598. The van der Waals surface area contributed by atoms with E-state index < -0.39 is 11.9 Å². The van der Waals surface area contributed by atoms with Crippen LogP contribution in [0.25, 0.3) is 16.5 Å². The van der Waals surface area contributed by atoms with Gasteiger partial charge in [0.2, 0.25) is 0 Å². The second-order valence-electron chi connectivity index (χ2n) is 6.80. The van der Waals surface area contributed by atoms with Crippen LogP contribution in [0.2, 0.25) is 0 Å². The van der Waals surface area contributed by atoms with E-state index in [4.69, 9.17) is 9.15 Å². The highest BCUT2D eigenvalue weighted by Gasteiger charge is 2.19. The zero-order valence-electron chi connectivity index (χ0n) is 16.9. The number of esters is 1. The summed E-state index contributed by atoms with van der Waals surface area (Å²) in [6, 6.07) is 17.2. The molecule has 156 valence electrons. The molecular formula is C23H19N3O5. The first-order valence-electron chi connectivity index (χ1n) is 9.53. The summed E-state index contributed by atoms with van der Waals surface area (Å²) in [5, 5.41) is 7.90. The van der Waals surface area contributed by atoms with Gasteiger partial charge in [-0.3, -0.25) is 9.59 Å². The Morgan fingerprint density at radius 3 is 2.45 bits per heavy atom. The first kappa shape index (κ1) is 20.1. The first-order chi connectivity index (χ1) is 15.0. The quantitative estimate of drug-likeness (QED) is 0.501. The van der Waals surface area contributed by atoms with Gasteiger partial charge in [0.1, 0.15) is 17.1 Å². The summed E-state index contributed by atoms with van der Waals surface area (Å²) in [6.45, 7) is 1.68. The van der Waals surface area contributed by atoms with Crippen LogP contribution >= 0.6 is 0 Å². The zero-order valence-corrected chi connectivity index (χ0v) is 16.9. The van der Waals surface area contributed by atoms with Crippen molar-refractivity contribution in [3.8, 4) is 5.69 Å². The van der Waals surface area contributed by atoms with Crippen molar-refractivity contribution >= 4 is 22.6 Å². The number of benzene rings is 2. The molecule has 0 aliphatic carbocycles. The van der Waals surface area contributed by atoms with Crippen LogP contribution < -0.4 is 10.9 Å². The Labute approximate surface area is 177 Å². The summed E-state index contributed by atoms with van der Waals surface area (Å²) >= 11 is 0. The summed E-state index contributed by atoms with van der Waals surface area (Å²) in [6.07, 6.45) is 0. The van der Waals surface area contributed by atoms with Gasteiger partial charge in [-0.2, -0.15) is 9.78 Å². The molecular weight excluding hydrogens is 398 g/mol. The predicted molar refractivity (Wildman–Crippen MR) is 113 cm³/mol. The normalized spacial score (nSPS) is 10.8. The van der Waals surface area contributed by atoms with Crippen LogP contribution in [0.15, 0.2) is 69.9 Å². The molecule has 2 aromatic heterocycles. The first-order valence-corrected chi connectivity index (χ1v) is 9.53. The van der Waals surface area contributed by atoms with Crippen LogP contribution in [-0.4, -0.2) is 28.8 Å². The van der Waals surface area contributed by atoms with Crippen LogP contribution in [0.5, 0.6) is 0 Å². The minimum Gasteiger partial charge on any atom is -0.465 e. The number of fused-ring (bicyclic) bond motifs is 1. The zero-order chi connectivity index (χ0) is 22.0. The fraction of sp³-hybridized carbons (Fsp3) is 0.130. The van der Waals surface area contributed by atoms with Gasteiger partial charge in [0.05, 0.1) is 24.7 Å². The average molecular weight is 417 g/mol. The Morgan fingerprint density at radius 2 is 1.74 bits per heavy atom. The highest BCUT2D eigenvalue weighted by Crippen LogP contribution is 2.17. The van der Waals surface area contributed by atoms with Gasteiger partial charge in [-0.25, -0.2) is 4.79 Å². The lowest BCUT2D eigenvalue weighted by atomic mass is 10.1. The van der Waals surface area contributed by atoms with Crippen LogP contribution in [0, 0.1) is 6.92 Å². The molecule has 0 saturated heterocycles. The smallest absolute Gasteiger partial charge is 0.341 e. The molecule has 0 atom stereocenters. The second-order valence-corrected chi connectivity index (χ2v) is 6.80. The van der Waals surface area contributed by atoms with Crippen LogP contribution in [0.4, 0.5) is 0 Å². The summed E-state index contributed by atoms with van der Waals surface area (Å²) in [4.78, 5) is 37.7. The fourth-order valence-electron chi connectivity index (χ4n) is 3.30. The molecule has 8 nitrogen and oxygen atoms in total. The maximum Gasteiger partial charge on any atom is 0.341 e. The minimum atomic E-state index is -0.513. The molecule has 1 N–H and O–H groups in total. The van der Waals surface area contributed by atoms with Gasteiger partial charge in [0.25, 0.3) is 11.5 Å². The number of aryl methyl sites for hydroxylation is 1. The van der Waals surface area contributed by atoms with Crippen LogP contribution in [0.3, 0.4) is 0 Å². The number of para-hydroxylation sites is 1. The number of carbonyl (C=O) groups is 2. The Bertz CT molecular complexity index is 1340.